The molecule has 2 aliphatic heterocycles. The number of sulfonamides is 1. The Bertz CT molecular complexity index is 985. The molecule has 8 nitrogen and oxygen atoms in total. The van der Waals surface area contributed by atoms with Crippen LogP contribution >= 0.6 is 0 Å². The Balaban J connectivity index is 1.62. The number of rotatable bonds is 3. The van der Waals surface area contributed by atoms with Gasteiger partial charge in [-0.3, -0.25) is 9.48 Å². The normalized spacial score (nSPS) is 20.7. The molecule has 0 bridgehead atoms. The predicted octanol–water partition coefficient (Wildman–Crippen LogP) is 1.09. The van der Waals surface area contributed by atoms with Crippen LogP contribution < -0.4 is 4.90 Å². The van der Waals surface area contributed by atoms with Crippen LogP contribution in [0.1, 0.15) is 24.2 Å². The maximum atomic E-state index is 13.2. The summed E-state index contributed by atoms with van der Waals surface area (Å²) in [6.45, 7) is 2.95. The van der Waals surface area contributed by atoms with Crippen LogP contribution in [0.25, 0.3) is 0 Å². The number of fused-ring (bicyclic) bond motifs is 1. The lowest BCUT2D eigenvalue weighted by molar-refractivity contribution is -0.116. The molecular formula is C18H22N4O4S. The summed E-state index contributed by atoms with van der Waals surface area (Å²) < 4.78 is 35.2. The van der Waals surface area contributed by atoms with Gasteiger partial charge in [-0.15, -0.1) is 0 Å². The first-order valence-electron chi connectivity index (χ1n) is 8.87. The van der Waals surface area contributed by atoms with Gasteiger partial charge in [0.25, 0.3) is 0 Å². The van der Waals surface area contributed by atoms with Gasteiger partial charge in [-0.1, -0.05) is 6.07 Å². The minimum absolute atomic E-state index is 0.0775. The summed E-state index contributed by atoms with van der Waals surface area (Å²) in [4.78, 5) is 13.7. The minimum Gasteiger partial charge on any atom is -0.371 e. The third-order valence-corrected chi connectivity index (χ3v) is 6.96. The van der Waals surface area contributed by atoms with Crippen LogP contribution in [-0.4, -0.2) is 54.7 Å². The van der Waals surface area contributed by atoms with Crippen molar-refractivity contribution in [1.82, 2.24) is 14.1 Å². The maximum absolute atomic E-state index is 13.2. The molecule has 0 radical (unpaired) electrons. The van der Waals surface area contributed by atoms with Gasteiger partial charge in [-0.2, -0.15) is 9.40 Å². The highest BCUT2D eigenvalue weighted by molar-refractivity contribution is 7.89. The monoisotopic (exact) mass is 390 g/mol. The van der Waals surface area contributed by atoms with E-state index in [2.05, 4.69) is 5.10 Å². The molecule has 2 aromatic rings. The Morgan fingerprint density at radius 3 is 2.81 bits per heavy atom. The predicted molar refractivity (Wildman–Crippen MR) is 98.8 cm³/mol. The molecule has 0 spiro atoms. The van der Waals surface area contributed by atoms with Crippen LogP contribution in [0.2, 0.25) is 0 Å². The molecule has 9 heteroatoms. The van der Waals surface area contributed by atoms with Gasteiger partial charge >= 0.3 is 0 Å². The number of ether oxygens (including phenoxy) is 1. The summed E-state index contributed by atoms with van der Waals surface area (Å²) in [6, 6.07) is 5.06. The number of aryl methyl sites for hydroxylation is 1. The number of morpholine rings is 1. The van der Waals surface area contributed by atoms with E-state index >= 15 is 0 Å². The maximum Gasteiger partial charge on any atom is 0.243 e. The van der Waals surface area contributed by atoms with Crippen LogP contribution in [-0.2, 0) is 33.0 Å². The number of anilines is 1. The highest BCUT2D eigenvalue weighted by atomic mass is 32.2. The molecule has 0 aliphatic carbocycles. The minimum atomic E-state index is -3.68. The van der Waals surface area contributed by atoms with Gasteiger partial charge in [-0.25, -0.2) is 8.42 Å². The first kappa shape index (κ1) is 18.1. The highest BCUT2D eigenvalue weighted by Gasteiger charge is 2.33. The molecule has 1 fully saturated rings. The molecule has 3 heterocycles. The third-order valence-electron chi connectivity index (χ3n) is 5.10. The topological polar surface area (TPSA) is 84.7 Å². The second kappa shape index (κ2) is 6.74. The average molecular weight is 390 g/mol. The highest BCUT2D eigenvalue weighted by Crippen LogP contribution is 2.33. The number of amides is 1. The van der Waals surface area contributed by atoms with Crippen molar-refractivity contribution in [2.45, 2.75) is 24.3 Å². The lowest BCUT2D eigenvalue weighted by atomic mass is 10.2. The summed E-state index contributed by atoms with van der Waals surface area (Å²) in [7, 11) is -1.87. The molecule has 1 saturated heterocycles. The molecule has 1 atom stereocenters. The fraction of sp³-hybridized carbons (Fsp3) is 0.444. The number of nitrogens with zero attached hydrogens (tertiary/aromatic N) is 4. The molecule has 1 aromatic carbocycles. The van der Waals surface area contributed by atoms with Crippen molar-refractivity contribution < 1.29 is 17.9 Å². The van der Waals surface area contributed by atoms with Crippen LogP contribution in [0.4, 0.5) is 5.69 Å². The summed E-state index contributed by atoms with van der Waals surface area (Å²) in [5, 5.41) is 4.13. The van der Waals surface area contributed by atoms with E-state index < -0.39 is 10.0 Å². The molecular weight excluding hydrogens is 368 g/mol. The summed E-state index contributed by atoms with van der Waals surface area (Å²) in [6.07, 6.45) is 3.93. The molecule has 0 saturated carbocycles. The Kier molecular flexibility index (Phi) is 4.53. The third kappa shape index (κ3) is 3.26. The molecule has 0 N–H and O–H groups in total. The Labute approximate surface area is 158 Å². The van der Waals surface area contributed by atoms with E-state index in [0.29, 0.717) is 25.4 Å². The first-order chi connectivity index (χ1) is 12.9. The SMILES string of the molecule is CC(=O)N1CCc2ccc(S(=O)(=O)N3CCO[C@H](c4cnn(C)c4)C3)cc21. The number of hydrogen-bond donors (Lipinski definition) is 0. The molecule has 144 valence electrons. The molecule has 0 unspecified atom stereocenters. The molecule has 1 amide bonds. The van der Waals surface area contributed by atoms with E-state index in [1.54, 1.807) is 27.9 Å². The van der Waals surface area contributed by atoms with E-state index in [9.17, 15) is 13.2 Å². The Morgan fingerprint density at radius 2 is 2.11 bits per heavy atom. The van der Waals surface area contributed by atoms with Crippen LogP contribution in [0.3, 0.4) is 0 Å². The lowest BCUT2D eigenvalue weighted by Gasteiger charge is -2.32. The first-order valence-corrected chi connectivity index (χ1v) is 10.3. The van der Waals surface area contributed by atoms with E-state index in [1.165, 1.54) is 11.2 Å². The van der Waals surface area contributed by atoms with E-state index in [4.69, 9.17) is 4.74 Å². The van der Waals surface area contributed by atoms with Gasteiger partial charge in [0.05, 0.1) is 23.8 Å². The van der Waals surface area contributed by atoms with Crippen molar-refractivity contribution >= 4 is 21.6 Å². The smallest absolute Gasteiger partial charge is 0.243 e. The molecule has 4 rings (SSSR count). The second-order valence-corrected chi connectivity index (χ2v) is 8.82. The zero-order chi connectivity index (χ0) is 19.2. The molecule has 1 aromatic heterocycles. The van der Waals surface area contributed by atoms with Crippen LogP contribution in [0.5, 0.6) is 0 Å². The van der Waals surface area contributed by atoms with E-state index in [0.717, 1.165) is 17.5 Å². The van der Waals surface area contributed by atoms with E-state index in [1.807, 2.05) is 19.3 Å². The van der Waals surface area contributed by atoms with Crippen LogP contribution in [0.15, 0.2) is 35.5 Å². The lowest BCUT2D eigenvalue weighted by Crippen LogP contribution is -2.42. The van der Waals surface area contributed by atoms with Gasteiger partial charge < -0.3 is 9.64 Å². The summed E-state index contributed by atoms with van der Waals surface area (Å²) >= 11 is 0. The number of aromatic nitrogens is 2. The second-order valence-electron chi connectivity index (χ2n) is 6.88. The zero-order valence-corrected chi connectivity index (χ0v) is 16.1. The summed E-state index contributed by atoms with van der Waals surface area (Å²) in [5.41, 5.74) is 2.55. The van der Waals surface area contributed by atoms with Crippen molar-refractivity contribution in [3.05, 3.63) is 41.7 Å². The molecule has 2 aliphatic rings. The van der Waals surface area contributed by atoms with E-state index in [-0.39, 0.29) is 23.5 Å². The summed E-state index contributed by atoms with van der Waals surface area (Å²) in [5.74, 6) is -0.0775. The largest absolute Gasteiger partial charge is 0.371 e. The Hall–Kier alpha value is -2.23. The van der Waals surface area contributed by atoms with Gasteiger partial charge in [0, 0.05) is 51.1 Å². The average Bonchev–Trinajstić information content (AvgIpc) is 3.27. The van der Waals surface area contributed by atoms with Crippen molar-refractivity contribution in [3.8, 4) is 0 Å². The van der Waals surface area contributed by atoms with Gasteiger partial charge in [0.15, 0.2) is 0 Å². The van der Waals surface area contributed by atoms with Crippen molar-refractivity contribution in [2.24, 2.45) is 7.05 Å². The molecule has 27 heavy (non-hydrogen) atoms. The van der Waals surface area contributed by atoms with Gasteiger partial charge in [0.2, 0.25) is 15.9 Å². The standard InChI is InChI=1S/C18H22N4O4S/c1-13(23)22-6-5-14-3-4-16(9-17(14)22)27(24,25)21-7-8-26-18(12-21)15-10-19-20(2)11-15/h3-4,9-11,18H,5-8,12H2,1-2H3/t18-/m0/s1. The Morgan fingerprint density at radius 1 is 1.30 bits per heavy atom. The van der Waals surface area contributed by atoms with Crippen molar-refractivity contribution in [1.29, 1.82) is 0 Å². The zero-order valence-electron chi connectivity index (χ0n) is 15.3. The number of hydrogen-bond acceptors (Lipinski definition) is 5. The van der Waals surface area contributed by atoms with Gasteiger partial charge in [0.1, 0.15) is 0 Å². The number of carbonyl (C=O) groups excluding carboxylic acids is 1. The van der Waals surface area contributed by atoms with Crippen molar-refractivity contribution in [2.75, 3.05) is 31.1 Å². The fourth-order valence-electron chi connectivity index (χ4n) is 3.65. The van der Waals surface area contributed by atoms with Gasteiger partial charge in [-0.05, 0) is 24.1 Å². The van der Waals surface area contributed by atoms with Crippen molar-refractivity contribution in [3.63, 3.8) is 0 Å². The number of benzene rings is 1. The number of carbonyl (C=O) groups is 1. The quantitative estimate of drug-likeness (QED) is 0.783. The van der Waals surface area contributed by atoms with Crippen LogP contribution in [0, 0.1) is 0 Å². The fourth-order valence-corrected chi connectivity index (χ4v) is 5.09.